The molecule has 0 N–H and O–H groups in total. The molecule has 0 aliphatic carbocycles. The van der Waals surface area contributed by atoms with Gasteiger partial charge in [0.25, 0.3) is 6.16 Å². The number of carbonyl (C=O) groups excluding carboxylic acids is 1. The summed E-state index contributed by atoms with van der Waals surface area (Å²) in [6.07, 6.45) is -1.81. The quantitative estimate of drug-likeness (QED) is 0.456. The van der Waals surface area contributed by atoms with Gasteiger partial charge in [0.15, 0.2) is 0 Å². The van der Waals surface area contributed by atoms with Crippen molar-refractivity contribution in [3.05, 3.63) is 24.0 Å². The van der Waals surface area contributed by atoms with E-state index < -0.39 is 36.0 Å². The smallest absolute Gasteiger partial charge is 0.494 e. The molecule has 1 fully saturated rings. The summed E-state index contributed by atoms with van der Waals surface area (Å²) < 4.78 is 29.5. The van der Waals surface area contributed by atoms with Crippen molar-refractivity contribution >= 4 is 18.7 Å². The molecule has 0 spiro atoms. The Labute approximate surface area is 116 Å². The Bertz CT molecular complexity index is 528. The molecule has 2 rings (SSSR count). The van der Waals surface area contributed by atoms with E-state index in [0.717, 1.165) is 6.07 Å². The van der Waals surface area contributed by atoms with Crippen LogP contribution in [0.15, 0.2) is 18.2 Å². The van der Waals surface area contributed by atoms with Crippen LogP contribution in [-0.4, -0.2) is 24.5 Å². The third kappa shape index (κ3) is 2.64. The number of hydrogen-bond acceptors (Lipinski definition) is 5. The van der Waals surface area contributed by atoms with Gasteiger partial charge in [0.1, 0.15) is 5.82 Å². The maximum Gasteiger partial charge on any atom is 0.494 e. The molecule has 108 valence electrons. The van der Waals surface area contributed by atoms with Crippen molar-refractivity contribution < 1.29 is 28.3 Å². The lowest BCUT2D eigenvalue weighted by molar-refractivity contribution is -0.271. The number of hydrogen-bond donors (Lipinski definition) is 0. The number of carboxylic acid groups (broad SMARTS) is 1. The topological polar surface area (TPSA) is 67.8 Å². The van der Waals surface area contributed by atoms with Crippen molar-refractivity contribution in [1.29, 1.82) is 0 Å². The van der Waals surface area contributed by atoms with Gasteiger partial charge < -0.3 is 23.9 Å². The Morgan fingerprint density at radius 3 is 2.25 bits per heavy atom. The third-order valence-electron chi connectivity index (χ3n) is 3.67. The van der Waals surface area contributed by atoms with Crippen molar-refractivity contribution in [3.63, 3.8) is 0 Å². The number of halogens is 1. The van der Waals surface area contributed by atoms with E-state index in [1.807, 2.05) is 27.7 Å². The first kappa shape index (κ1) is 14.8. The summed E-state index contributed by atoms with van der Waals surface area (Å²) in [6.45, 7) is 7.54. The van der Waals surface area contributed by atoms with Crippen LogP contribution in [0.4, 0.5) is 9.18 Å². The fourth-order valence-electron chi connectivity index (χ4n) is 1.82. The van der Waals surface area contributed by atoms with E-state index in [-0.39, 0.29) is 0 Å². The normalized spacial score (nSPS) is 19.9. The van der Waals surface area contributed by atoms with Crippen molar-refractivity contribution in [1.82, 2.24) is 0 Å². The molecule has 0 aromatic heterocycles. The van der Waals surface area contributed by atoms with Gasteiger partial charge in [-0.25, -0.2) is 4.39 Å². The lowest BCUT2D eigenvalue weighted by atomic mass is 9.79. The van der Waals surface area contributed by atoms with Gasteiger partial charge in [-0.15, -0.1) is 0 Å². The average Bonchev–Trinajstić information content (AvgIpc) is 2.50. The number of rotatable bonds is 2. The highest BCUT2D eigenvalue weighted by Crippen LogP contribution is 2.36. The number of carbonyl (C=O) groups is 1. The van der Waals surface area contributed by atoms with E-state index in [2.05, 4.69) is 4.74 Å². The summed E-state index contributed by atoms with van der Waals surface area (Å²) in [7, 11) is -0.716. The van der Waals surface area contributed by atoms with Crippen molar-refractivity contribution in [2.45, 2.75) is 38.9 Å². The van der Waals surface area contributed by atoms with E-state index in [0.29, 0.717) is 5.46 Å². The lowest BCUT2D eigenvalue weighted by Gasteiger charge is -2.32. The van der Waals surface area contributed by atoms with Gasteiger partial charge in [-0.2, -0.15) is 0 Å². The van der Waals surface area contributed by atoms with E-state index in [1.54, 1.807) is 0 Å². The summed E-state index contributed by atoms with van der Waals surface area (Å²) in [5.74, 6) is -1.23. The summed E-state index contributed by atoms with van der Waals surface area (Å²) in [6, 6.07) is 3.81. The second-order valence-electron chi connectivity index (χ2n) is 5.63. The molecule has 0 radical (unpaired) electrons. The molecule has 1 aromatic rings. The van der Waals surface area contributed by atoms with E-state index in [1.165, 1.54) is 12.1 Å². The minimum atomic E-state index is -1.81. The van der Waals surface area contributed by atoms with Gasteiger partial charge in [-0.3, -0.25) is 0 Å². The summed E-state index contributed by atoms with van der Waals surface area (Å²) >= 11 is 0. The lowest BCUT2D eigenvalue weighted by Crippen LogP contribution is -2.41. The predicted molar refractivity (Wildman–Crippen MR) is 68.1 cm³/mol. The molecule has 7 heteroatoms. The molecule has 0 amide bonds. The maximum atomic E-state index is 13.7. The Kier molecular flexibility index (Phi) is 3.52. The second-order valence-corrected chi connectivity index (χ2v) is 5.63. The summed E-state index contributed by atoms with van der Waals surface area (Å²) in [5, 5.41) is 10.3. The van der Waals surface area contributed by atoms with Crippen LogP contribution in [0.5, 0.6) is 5.75 Å². The highest BCUT2D eigenvalue weighted by molar-refractivity contribution is 6.62. The van der Waals surface area contributed by atoms with E-state index in [4.69, 9.17) is 9.31 Å². The minimum absolute atomic E-state index is 0.412. The Balaban J connectivity index is 2.24. The molecule has 20 heavy (non-hydrogen) atoms. The minimum Gasteiger partial charge on any atom is -0.511 e. The molecule has 1 aliphatic heterocycles. The van der Waals surface area contributed by atoms with Crippen molar-refractivity contribution in [2.75, 3.05) is 0 Å². The standard InChI is InChI=1S/C13H16BFO5/c1-12(2)13(3,4)20-14(19-12)8-5-6-10(9(15)7-8)18-11(16)17/h5-7H,1-4H3,(H,16,17)/p-1. The van der Waals surface area contributed by atoms with Crippen LogP contribution < -0.4 is 15.3 Å². The number of benzene rings is 1. The van der Waals surface area contributed by atoms with Gasteiger partial charge in [0, 0.05) is 0 Å². The van der Waals surface area contributed by atoms with Crippen LogP contribution in [0, 0.1) is 5.82 Å². The molecule has 1 aromatic carbocycles. The summed E-state index contributed by atoms with van der Waals surface area (Å²) in [4.78, 5) is 10.3. The fraction of sp³-hybridized carbons (Fsp3) is 0.462. The number of ether oxygens (including phenoxy) is 1. The largest absolute Gasteiger partial charge is 0.511 e. The fourth-order valence-corrected chi connectivity index (χ4v) is 1.82. The molecular formula is C13H15BFO5-. The zero-order valence-electron chi connectivity index (χ0n) is 11.7. The van der Waals surface area contributed by atoms with Gasteiger partial charge in [0.05, 0.1) is 17.0 Å². The van der Waals surface area contributed by atoms with Crippen LogP contribution in [0.2, 0.25) is 0 Å². The SMILES string of the molecule is CC1(C)OB(c2ccc(OC(=O)[O-])c(F)c2)OC1(C)C. The molecule has 1 heterocycles. The van der Waals surface area contributed by atoms with Gasteiger partial charge in [0.2, 0.25) is 0 Å². The van der Waals surface area contributed by atoms with E-state index >= 15 is 0 Å². The molecule has 1 saturated heterocycles. The Morgan fingerprint density at radius 1 is 1.25 bits per heavy atom. The van der Waals surface area contributed by atoms with Crippen LogP contribution in [-0.2, 0) is 9.31 Å². The first-order chi connectivity index (χ1) is 9.12. The first-order valence-corrected chi connectivity index (χ1v) is 6.16. The zero-order valence-corrected chi connectivity index (χ0v) is 11.7. The highest BCUT2D eigenvalue weighted by atomic mass is 19.1. The second kappa shape index (κ2) is 4.75. The van der Waals surface area contributed by atoms with Crippen molar-refractivity contribution in [2.24, 2.45) is 0 Å². The van der Waals surface area contributed by atoms with Gasteiger partial charge in [-0.05, 0) is 45.3 Å². The molecule has 0 unspecified atom stereocenters. The van der Waals surface area contributed by atoms with Crippen molar-refractivity contribution in [3.8, 4) is 5.75 Å². The molecule has 0 bridgehead atoms. The maximum absolute atomic E-state index is 13.7. The molecule has 0 saturated carbocycles. The Hall–Kier alpha value is -1.60. The molecule has 5 nitrogen and oxygen atoms in total. The molecule has 0 atom stereocenters. The van der Waals surface area contributed by atoms with E-state index in [9.17, 15) is 14.3 Å². The van der Waals surface area contributed by atoms with Gasteiger partial charge in [-0.1, -0.05) is 6.07 Å². The highest BCUT2D eigenvalue weighted by Gasteiger charge is 2.51. The molecule has 1 aliphatic rings. The van der Waals surface area contributed by atoms with Crippen LogP contribution in [0.1, 0.15) is 27.7 Å². The Morgan fingerprint density at radius 2 is 1.80 bits per heavy atom. The molecular weight excluding hydrogens is 266 g/mol. The van der Waals surface area contributed by atoms with Crippen LogP contribution in [0.25, 0.3) is 0 Å². The predicted octanol–water partition coefficient (Wildman–Crippen LogP) is 0.847. The monoisotopic (exact) mass is 281 g/mol. The summed E-state index contributed by atoms with van der Waals surface area (Å²) in [5.41, 5.74) is -0.616. The van der Waals surface area contributed by atoms with Crippen LogP contribution >= 0.6 is 0 Å². The third-order valence-corrected chi connectivity index (χ3v) is 3.67. The van der Waals surface area contributed by atoms with Gasteiger partial charge >= 0.3 is 7.12 Å². The average molecular weight is 281 g/mol. The zero-order chi connectivity index (χ0) is 15.1. The van der Waals surface area contributed by atoms with Crippen LogP contribution in [0.3, 0.4) is 0 Å². The first-order valence-electron chi connectivity index (χ1n) is 6.16.